The van der Waals surface area contributed by atoms with Gasteiger partial charge in [-0.05, 0) is 132 Å². The minimum absolute atomic E-state index is 0.697. The molecule has 0 heterocycles. The molecule has 8 saturated carbocycles. The molecule has 8 aliphatic rings. The summed E-state index contributed by atoms with van der Waals surface area (Å²) in [6.45, 7) is 10.3. The predicted octanol–water partition coefficient (Wildman–Crippen LogP) is 8.76. The summed E-state index contributed by atoms with van der Waals surface area (Å²) in [5.41, 5.74) is 0. The van der Waals surface area contributed by atoms with Crippen molar-refractivity contribution in [1.82, 2.24) is 0 Å². The van der Waals surface area contributed by atoms with E-state index >= 15 is 0 Å². The molecule has 0 aromatic heterocycles. The zero-order valence-electron chi connectivity index (χ0n) is 20.5. The molecule has 0 aliphatic heterocycles. The predicted molar refractivity (Wildman–Crippen MR) is 134 cm³/mol. The maximum atomic E-state index is 6.41. The highest BCUT2D eigenvalue weighted by molar-refractivity contribution is 7.70. The molecular formula is C27H48NPSi. The van der Waals surface area contributed by atoms with Gasteiger partial charge in [0.15, 0.2) is 8.24 Å². The van der Waals surface area contributed by atoms with Gasteiger partial charge < -0.3 is 4.41 Å². The van der Waals surface area contributed by atoms with Crippen LogP contribution < -0.4 is 0 Å². The van der Waals surface area contributed by atoms with Gasteiger partial charge in [0.1, 0.15) is 0 Å². The van der Waals surface area contributed by atoms with Gasteiger partial charge >= 0.3 is 0 Å². The number of hydrogen-bond donors (Lipinski definition) is 0. The molecule has 0 atom stereocenters. The Balaban J connectivity index is 1.55. The Hall–Kier alpha value is 0.447. The minimum Gasteiger partial charge on any atom is -0.337 e. The van der Waals surface area contributed by atoms with Crippen LogP contribution in [0.3, 0.4) is 0 Å². The molecule has 0 amide bonds. The molecule has 8 fully saturated rings. The summed E-state index contributed by atoms with van der Waals surface area (Å²) in [7, 11) is -2.82. The quantitative estimate of drug-likeness (QED) is 0.286. The lowest BCUT2D eigenvalue weighted by atomic mass is 9.55. The van der Waals surface area contributed by atoms with E-state index in [2.05, 4.69) is 26.6 Å². The molecule has 8 rings (SSSR count). The third-order valence-electron chi connectivity index (χ3n) is 10.9. The molecule has 0 aromatic carbocycles. The number of rotatable bonds is 6. The number of unbranched alkanes of at least 4 members (excludes halogenated alkanes) is 1. The normalized spacial score (nSPS) is 50.7. The van der Waals surface area contributed by atoms with Gasteiger partial charge in [-0.3, -0.25) is 0 Å². The van der Waals surface area contributed by atoms with Crippen molar-refractivity contribution in [3.63, 3.8) is 0 Å². The van der Waals surface area contributed by atoms with E-state index in [0.717, 1.165) is 35.5 Å². The van der Waals surface area contributed by atoms with Crippen LogP contribution in [0.1, 0.15) is 96.8 Å². The van der Waals surface area contributed by atoms with Gasteiger partial charge in [-0.2, -0.15) is 0 Å². The van der Waals surface area contributed by atoms with Gasteiger partial charge in [0.25, 0.3) is 0 Å². The first-order valence-corrected chi connectivity index (χ1v) is 19.2. The van der Waals surface area contributed by atoms with Crippen molar-refractivity contribution < 1.29 is 0 Å². The number of nitrogens with zero attached hydrogens (tertiary/aromatic N) is 1. The van der Waals surface area contributed by atoms with Crippen molar-refractivity contribution in [2.45, 2.75) is 127 Å². The van der Waals surface area contributed by atoms with Crippen LogP contribution in [-0.4, -0.2) is 24.7 Å². The molecule has 0 N–H and O–H groups in total. The van der Waals surface area contributed by atoms with Crippen LogP contribution in [0, 0.1) is 35.5 Å². The lowest BCUT2D eigenvalue weighted by Gasteiger charge is -2.70. The minimum atomic E-state index is -1.47. The van der Waals surface area contributed by atoms with E-state index < -0.39 is 15.3 Å². The summed E-state index contributed by atoms with van der Waals surface area (Å²) in [4.78, 5) is 0. The van der Waals surface area contributed by atoms with Crippen molar-refractivity contribution >= 4 is 15.3 Å². The maximum Gasteiger partial charge on any atom is 0.170 e. The van der Waals surface area contributed by atoms with E-state index in [4.69, 9.17) is 4.41 Å². The first kappa shape index (κ1) is 21.0. The summed E-state index contributed by atoms with van der Waals surface area (Å²) in [5.74, 6) is 6.52. The van der Waals surface area contributed by atoms with E-state index in [0.29, 0.717) is 10.3 Å². The van der Waals surface area contributed by atoms with Gasteiger partial charge in [0.05, 0.1) is 0 Å². The van der Waals surface area contributed by atoms with Crippen LogP contribution in [-0.2, 0) is 0 Å². The van der Waals surface area contributed by atoms with Crippen LogP contribution in [0.15, 0.2) is 4.41 Å². The largest absolute Gasteiger partial charge is 0.337 e. The average Bonchev–Trinajstić information content (AvgIpc) is 2.61. The summed E-state index contributed by atoms with van der Waals surface area (Å²) in [6, 6.07) is 0. The van der Waals surface area contributed by atoms with Gasteiger partial charge in [0, 0.05) is 10.3 Å². The van der Waals surface area contributed by atoms with E-state index in [1.165, 1.54) is 12.8 Å². The van der Waals surface area contributed by atoms with Crippen LogP contribution in [0.25, 0.3) is 0 Å². The Bertz CT molecular complexity index is 628. The third-order valence-corrected chi connectivity index (χ3v) is 19.9. The van der Waals surface area contributed by atoms with Crippen LogP contribution in [0.2, 0.25) is 19.6 Å². The first-order valence-electron chi connectivity index (χ1n) is 13.9. The molecule has 0 unspecified atom stereocenters. The fourth-order valence-corrected chi connectivity index (χ4v) is 23.5. The molecule has 170 valence electrons. The number of hydrogen-bond acceptors (Lipinski definition) is 1. The van der Waals surface area contributed by atoms with Gasteiger partial charge in [0.2, 0.25) is 0 Å². The topological polar surface area (TPSA) is 12.4 Å². The smallest absolute Gasteiger partial charge is 0.170 e. The van der Waals surface area contributed by atoms with Crippen molar-refractivity contribution in [1.29, 1.82) is 0 Å². The Morgan fingerprint density at radius 3 is 1.27 bits per heavy atom. The zero-order chi connectivity index (χ0) is 20.8. The Morgan fingerprint density at radius 2 is 1.00 bits per heavy atom. The van der Waals surface area contributed by atoms with Crippen LogP contribution in [0.4, 0.5) is 0 Å². The second-order valence-electron chi connectivity index (χ2n) is 14.4. The lowest BCUT2D eigenvalue weighted by molar-refractivity contribution is 0.0170. The Labute approximate surface area is 188 Å². The fourth-order valence-electron chi connectivity index (χ4n) is 11.2. The molecule has 8 bridgehead atoms. The summed E-state index contributed by atoms with van der Waals surface area (Å²) in [6.07, 6.45) is 23.7. The van der Waals surface area contributed by atoms with Crippen LogP contribution in [0.5, 0.6) is 0 Å². The highest BCUT2D eigenvalue weighted by Crippen LogP contribution is 2.84. The molecule has 3 heteroatoms. The molecule has 30 heavy (non-hydrogen) atoms. The lowest BCUT2D eigenvalue weighted by Crippen LogP contribution is -2.58. The van der Waals surface area contributed by atoms with Crippen molar-refractivity contribution in [3.05, 3.63) is 0 Å². The van der Waals surface area contributed by atoms with Gasteiger partial charge in [-0.25, -0.2) is 0 Å². The Morgan fingerprint density at radius 1 is 0.667 bits per heavy atom. The standard InChI is InChI=1S/C27H48NPSi/c1-5-6-7-29(28-30(2,3)4,26-14-20-8-21(15-26)10-22(9-20)16-26)27-17-23-11-24(18-27)13-25(12-23)19-27/h20-25H,5-19H2,1-4H3. The molecule has 0 aromatic rings. The molecule has 0 spiro atoms. The SMILES string of the molecule is CCCCP(=N[Si](C)(C)C)(C12CC3CC(CC(C3)C1)C2)C12CC3CC(CC(C3)C1)C2. The van der Waals surface area contributed by atoms with Crippen molar-refractivity contribution in [2.24, 2.45) is 39.9 Å². The van der Waals surface area contributed by atoms with E-state index in [-0.39, 0.29) is 0 Å². The van der Waals surface area contributed by atoms with E-state index in [9.17, 15) is 0 Å². The van der Waals surface area contributed by atoms with Crippen molar-refractivity contribution in [2.75, 3.05) is 6.16 Å². The molecule has 8 aliphatic carbocycles. The fraction of sp³-hybridized carbons (Fsp3) is 1.00. The second-order valence-corrected chi connectivity index (χ2v) is 23.4. The summed E-state index contributed by atoms with van der Waals surface area (Å²) >= 11 is 0. The molecule has 1 nitrogen and oxygen atoms in total. The first-order chi connectivity index (χ1) is 14.2. The summed E-state index contributed by atoms with van der Waals surface area (Å²) < 4.78 is 6.41. The second kappa shape index (κ2) is 6.98. The van der Waals surface area contributed by atoms with Gasteiger partial charge in [-0.15, -0.1) is 0 Å². The monoisotopic (exact) mass is 445 g/mol. The average molecular weight is 446 g/mol. The highest BCUT2D eigenvalue weighted by atomic mass is 31.2. The summed E-state index contributed by atoms with van der Waals surface area (Å²) in [5, 5.41) is 1.39. The molecular weight excluding hydrogens is 397 g/mol. The third kappa shape index (κ3) is 3.08. The van der Waals surface area contributed by atoms with Gasteiger partial charge in [-0.1, -0.05) is 33.0 Å². The highest BCUT2D eigenvalue weighted by Gasteiger charge is 2.66. The molecule has 0 radical (unpaired) electrons. The molecule has 0 saturated heterocycles. The Kier molecular flexibility index (Phi) is 4.89. The van der Waals surface area contributed by atoms with Crippen molar-refractivity contribution in [3.8, 4) is 0 Å². The van der Waals surface area contributed by atoms with E-state index in [1.54, 1.807) is 83.2 Å². The van der Waals surface area contributed by atoms with E-state index in [1.807, 2.05) is 0 Å². The van der Waals surface area contributed by atoms with Crippen LogP contribution >= 0.6 is 7.05 Å². The maximum absolute atomic E-state index is 6.41. The zero-order valence-corrected chi connectivity index (χ0v) is 22.4.